The first-order valence-corrected chi connectivity index (χ1v) is 9.42. The molecule has 1 aliphatic carbocycles. The molecule has 1 aliphatic rings. The van der Waals surface area contributed by atoms with Crippen LogP contribution in [0.25, 0.3) is 21.3 Å². The zero-order chi connectivity index (χ0) is 17.1. The van der Waals surface area contributed by atoms with Crippen LogP contribution in [-0.4, -0.2) is 13.9 Å². The van der Waals surface area contributed by atoms with Crippen molar-refractivity contribution in [3.63, 3.8) is 0 Å². The summed E-state index contributed by atoms with van der Waals surface area (Å²) in [4.78, 5) is 18.2. The molecule has 3 nitrogen and oxygen atoms in total. The van der Waals surface area contributed by atoms with Gasteiger partial charge in [0.1, 0.15) is 9.16 Å². The predicted octanol–water partition coefficient (Wildman–Crippen LogP) is 4.94. The largest absolute Gasteiger partial charge is 0.298 e. The molecule has 24 heavy (non-hydrogen) atoms. The molecule has 1 unspecified atom stereocenters. The number of aryl methyl sites for hydroxylation is 2. The van der Waals surface area contributed by atoms with E-state index >= 15 is 0 Å². The van der Waals surface area contributed by atoms with E-state index in [9.17, 15) is 4.79 Å². The number of alkyl halides is 2. The maximum atomic E-state index is 13.0. The van der Waals surface area contributed by atoms with E-state index in [0.29, 0.717) is 18.4 Å². The fourth-order valence-electron chi connectivity index (χ4n) is 2.92. The van der Waals surface area contributed by atoms with Gasteiger partial charge in [0.05, 0.1) is 11.7 Å². The Morgan fingerprint density at radius 3 is 2.75 bits per heavy atom. The summed E-state index contributed by atoms with van der Waals surface area (Å²) in [5, 5.41) is 2.69. The highest BCUT2D eigenvalue weighted by Crippen LogP contribution is 2.53. The molecule has 1 fully saturated rings. The van der Waals surface area contributed by atoms with Crippen molar-refractivity contribution < 1.29 is 0 Å². The van der Waals surface area contributed by atoms with E-state index in [0.717, 1.165) is 16.0 Å². The molecule has 4 rings (SSSR count). The SMILES string of the molecule is Cc1ccc(-c2csc3ncn(CC4CC4(Cl)Cl)c(=O)c23)cc1C. The van der Waals surface area contributed by atoms with Crippen LogP contribution in [0.4, 0.5) is 0 Å². The monoisotopic (exact) mass is 378 g/mol. The highest BCUT2D eigenvalue weighted by atomic mass is 35.5. The lowest BCUT2D eigenvalue weighted by Gasteiger charge is -2.07. The Bertz CT molecular complexity index is 1010. The highest BCUT2D eigenvalue weighted by molar-refractivity contribution is 7.17. The van der Waals surface area contributed by atoms with Gasteiger partial charge in [-0.3, -0.25) is 9.36 Å². The number of hydrogen-bond donors (Lipinski definition) is 0. The molecule has 0 radical (unpaired) electrons. The van der Waals surface area contributed by atoms with Gasteiger partial charge in [0.15, 0.2) is 0 Å². The lowest BCUT2D eigenvalue weighted by molar-refractivity contribution is 0.597. The summed E-state index contributed by atoms with van der Waals surface area (Å²) < 4.78 is 0.941. The number of rotatable bonds is 3. The zero-order valence-electron chi connectivity index (χ0n) is 13.3. The topological polar surface area (TPSA) is 34.9 Å². The Labute approximate surface area is 153 Å². The van der Waals surface area contributed by atoms with E-state index in [2.05, 4.69) is 37.0 Å². The van der Waals surface area contributed by atoms with E-state index in [1.807, 2.05) is 5.38 Å². The van der Waals surface area contributed by atoms with Crippen molar-refractivity contribution in [2.75, 3.05) is 0 Å². The number of benzene rings is 1. The Morgan fingerprint density at radius 1 is 1.33 bits per heavy atom. The van der Waals surface area contributed by atoms with Crippen molar-refractivity contribution >= 4 is 44.8 Å². The van der Waals surface area contributed by atoms with Crippen LogP contribution in [0.2, 0.25) is 0 Å². The minimum Gasteiger partial charge on any atom is -0.298 e. The Hall–Kier alpha value is -1.36. The van der Waals surface area contributed by atoms with Gasteiger partial charge < -0.3 is 0 Å². The van der Waals surface area contributed by atoms with E-state index < -0.39 is 4.33 Å². The molecule has 2 heterocycles. The molecule has 3 aromatic rings. The van der Waals surface area contributed by atoms with E-state index in [1.165, 1.54) is 22.5 Å². The molecule has 0 bridgehead atoms. The Balaban J connectivity index is 1.82. The molecule has 0 spiro atoms. The number of thiophene rings is 1. The van der Waals surface area contributed by atoms with Crippen LogP contribution in [0.3, 0.4) is 0 Å². The maximum absolute atomic E-state index is 13.0. The second kappa shape index (κ2) is 5.58. The zero-order valence-corrected chi connectivity index (χ0v) is 15.7. The Morgan fingerprint density at radius 2 is 2.08 bits per heavy atom. The molecule has 0 amide bonds. The summed E-state index contributed by atoms with van der Waals surface area (Å²) in [5.41, 5.74) is 4.43. The molecule has 1 atom stereocenters. The third-order valence-electron chi connectivity index (χ3n) is 4.75. The van der Waals surface area contributed by atoms with E-state index in [4.69, 9.17) is 23.2 Å². The molecule has 124 valence electrons. The average Bonchev–Trinajstić information content (AvgIpc) is 2.95. The summed E-state index contributed by atoms with van der Waals surface area (Å²) in [6.07, 6.45) is 2.32. The number of nitrogens with zero attached hydrogens (tertiary/aromatic N) is 2. The number of halogens is 2. The summed E-state index contributed by atoms with van der Waals surface area (Å²) in [5.74, 6) is 0.112. The molecule has 0 saturated heterocycles. The van der Waals surface area contributed by atoms with Crippen molar-refractivity contribution in [2.24, 2.45) is 5.92 Å². The lowest BCUT2D eigenvalue weighted by atomic mass is 10.0. The van der Waals surface area contributed by atoms with Crippen LogP contribution >= 0.6 is 34.5 Å². The molecule has 1 saturated carbocycles. The van der Waals surface area contributed by atoms with Crippen LogP contribution in [0, 0.1) is 19.8 Å². The standard InChI is InChI=1S/C18H16Cl2N2OS/c1-10-3-4-12(5-11(10)2)14-8-24-16-15(14)17(23)22(9-21-16)7-13-6-18(13,19)20/h3-5,8-9,13H,6-7H2,1-2H3. The van der Waals surface area contributed by atoms with E-state index in [-0.39, 0.29) is 11.5 Å². The lowest BCUT2D eigenvalue weighted by Crippen LogP contribution is -2.22. The van der Waals surface area contributed by atoms with Gasteiger partial charge in [0, 0.05) is 23.4 Å². The highest BCUT2D eigenvalue weighted by Gasteiger charge is 2.51. The smallest absolute Gasteiger partial charge is 0.262 e. The average molecular weight is 379 g/mol. The van der Waals surface area contributed by atoms with Crippen molar-refractivity contribution in [2.45, 2.75) is 31.1 Å². The van der Waals surface area contributed by atoms with Gasteiger partial charge in [-0.25, -0.2) is 4.98 Å². The summed E-state index contributed by atoms with van der Waals surface area (Å²) >= 11 is 13.7. The third-order valence-corrected chi connectivity index (χ3v) is 6.56. The van der Waals surface area contributed by atoms with Gasteiger partial charge in [0.25, 0.3) is 5.56 Å². The van der Waals surface area contributed by atoms with Crippen molar-refractivity contribution in [3.8, 4) is 11.1 Å². The van der Waals surface area contributed by atoms with Gasteiger partial charge in [-0.2, -0.15) is 0 Å². The van der Waals surface area contributed by atoms with Gasteiger partial charge in [-0.1, -0.05) is 18.2 Å². The molecule has 2 aromatic heterocycles. The maximum Gasteiger partial charge on any atom is 0.262 e. The van der Waals surface area contributed by atoms with Gasteiger partial charge in [0.2, 0.25) is 0 Å². The summed E-state index contributed by atoms with van der Waals surface area (Å²) in [7, 11) is 0. The quantitative estimate of drug-likeness (QED) is 0.605. The predicted molar refractivity (Wildman–Crippen MR) is 101 cm³/mol. The van der Waals surface area contributed by atoms with Gasteiger partial charge in [-0.15, -0.1) is 34.5 Å². The molecular formula is C18H16Cl2N2OS. The van der Waals surface area contributed by atoms with Gasteiger partial charge >= 0.3 is 0 Å². The first kappa shape index (κ1) is 16.1. The fraction of sp³-hybridized carbons (Fsp3) is 0.333. The van der Waals surface area contributed by atoms with Crippen LogP contribution in [0.1, 0.15) is 17.5 Å². The first-order chi connectivity index (χ1) is 11.4. The molecule has 0 N–H and O–H groups in total. The molecule has 1 aromatic carbocycles. The summed E-state index contributed by atoms with van der Waals surface area (Å²) in [6.45, 7) is 4.67. The van der Waals surface area contributed by atoms with Crippen molar-refractivity contribution in [3.05, 3.63) is 51.4 Å². The second-order valence-corrected chi connectivity index (χ2v) is 8.89. The van der Waals surface area contributed by atoms with Crippen LogP contribution in [-0.2, 0) is 6.54 Å². The summed E-state index contributed by atoms with van der Waals surface area (Å²) in [6, 6.07) is 6.27. The van der Waals surface area contributed by atoms with Crippen LogP contribution in [0.15, 0.2) is 34.7 Å². The Kier molecular flexibility index (Phi) is 3.75. The number of aromatic nitrogens is 2. The molecule has 0 aliphatic heterocycles. The number of fused-ring (bicyclic) bond motifs is 1. The normalized spacial score (nSPS) is 18.9. The molecule has 6 heteroatoms. The fourth-order valence-corrected chi connectivity index (χ4v) is 4.34. The number of hydrogen-bond acceptors (Lipinski definition) is 3. The second-order valence-electron chi connectivity index (χ2n) is 6.49. The van der Waals surface area contributed by atoms with Crippen LogP contribution in [0.5, 0.6) is 0 Å². The first-order valence-electron chi connectivity index (χ1n) is 7.79. The van der Waals surface area contributed by atoms with Crippen molar-refractivity contribution in [1.82, 2.24) is 9.55 Å². The van der Waals surface area contributed by atoms with Gasteiger partial charge in [-0.05, 0) is 37.0 Å². The van der Waals surface area contributed by atoms with E-state index in [1.54, 1.807) is 10.9 Å². The molecular weight excluding hydrogens is 363 g/mol. The van der Waals surface area contributed by atoms with Crippen molar-refractivity contribution in [1.29, 1.82) is 0 Å². The minimum absolute atomic E-state index is 0.0227. The third kappa shape index (κ3) is 2.67. The minimum atomic E-state index is -0.695. The van der Waals surface area contributed by atoms with Crippen LogP contribution < -0.4 is 5.56 Å².